The molecule has 0 amide bonds. The second kappa shape index (κ2) is 3.31. The summed E-state index contributed by atoms with van der Waals surface area (Å²) in [6, 6.07) is 5.44. The van der Waals surface area contributed by atoms with E-state index in [4.69, 9.17) is 9.84 Å². The van der Waals surface area contributed by atoms with E-state index in [1.54, 1.807) is 18.6 Å². The summed E-state index contributed by atoms with van der Waals surface area (Å²) in [5.41, 5.74) is 0.337. The van der Waals surface area contributed by atoms with Crippen LogP contribution < -0.4 is 4.74 Å². The lowest BCUT2D eigenvalue weighted by atomic mass is 10.2. The summed E-state index contributed by atoms with van der Waals surface area (Å²) in [7, 11) is 1.56. The van der Waals surface area contributed by atoms with Gasteiger partial charge < -0.3 is 9.84 Å². The third-order valence-corrected chi connectivity index (χ3v) is 2.97. The Morgan fingerprint density at radius 3 is 2.93 bits per heavy atom. The maximum Gasteiger partial charge on any atom is 0.337 e. The highest BCUT2D eigenvalue weighted by molar-refractivity contribution is 7.17. The van der Waals surface area contributed by atoms with Crippen LogP contribution in [0.25, 0.3) is 10.1 Å². The van der Waals surface area contributed by atoms with Gasteiger partial charge in [0.2, 0.25) is 0 Å². The number of hydrogen-bond acceptors (Lipinski definition) is 3. The zero-order valence-electron chi connectivity index (χ0n) is 7.48. The van der Waals surface area contributed by atoms with Gasteiger partial charge in [-0.05, 0) is 18.2 Å². The summed E-state index contributed by atoms with van der Waals surface area (Å²) < 4.78 is 6.00. The van der Waals surface area contributed by atoms with Crippen LogP contribution in [0.15, 0.2) is 23.6 Å². The molecule has 0 bridgehead atoms. The Hall–Kier alpha value is -1.55. The van der Waals surface area contributed by atoms with Gasteiger partial charge in [-0.2, -0.15) is 0 Å². The third kappa shape index (κ3) is 1.33. The maximum absolute atomic E-state index is 10.8. The van der Waals surface area contributed by atoms with Gasteiger partial charge in [0.25, 0.3) is 0 Å². The van der Waals surface area contributed by atoms with Crippen LogP contribution in [-0.4, -0.2) is 18.2 Å². The molecule has 4 heteroatoms. The average molecular weight is 208 g/mol. The van der Waals surface area contributed by atoms with Crippen LogP contribution in [0.5, 0.6) is 5.75 Å². The second-order valence-electron chi connectivity index (χ2n) is 2.82. The minimum atomic E-state index is -0.899. The van der Waals surface area contributed by atoms with Gasteiger partial charge in [-0.1, -0.05) is 0 Å². The Morgan fingerprint density at radius 1 is 1.50 bits per heavy atom. The van der Waals surface area contributed by atoms with Crippen LogP contribution >= 0.6 is 11.3 Å². The molecule has 0 radical (unpaired) electrons. The van der Waals surface area contributed by atoms with E-state index in [9.17, 15) is 4.79 Å². The quantitative estimate of drug-likeness (QED) is 0.825. The highest BCUT2D eigenvalue weighted by Crippen LogP contribution is 2.29. The van der Waals surface area contributed by atoms with E-state index in [1.807, 2.05) is 12.1 Å². The molecule has 0 aliphatic carbocycles. The molecule has 0 spiro atoms. The summed E-state index contributed by atoms with van der Waals surface area (Å²) >= 11 is 1.43. The zero-order valence-corrected chi connectivity index (χ0v) is 8.30. The van der Waals surface area contributed by atoms with Crippen molar-refractivity contribution in [1.29, 1.82) is 0 Å². The third-order valence-electron chi connectivity index (χ3n) is 2.01. The molecule has 1 aromatic heterocycles. The second-order valence-corrected chi connectivity index (χ2v) is 3.73. The van der Waals surface area contributed by atoms with Crippen molar-refractivity contribution in [1.82, 2.24) is 0 Å². The number of carboxylic acids is 1. The van der Waals surface area contributed by atoms with Crippen molar-refractivity contribution >= 4 is 27.4 Å². The first-order valence-corrected chi connectivity index (χ1v) is 4.89. The molecule has 72 valence electrons. The SMILES string of the molecule is COc1ccc2scc(C(=O)O)c2c1. The fourth-order valence-electron chi connectivity index (χ4n) is 1.30. The van der Waals surface area contributed by atoms with Crippen molar-refractivity contribution in [2.45, 2.75) is 0 Å². The van der Waals surface area contributed by atoms with Gasteiger partial charge in [0.15, 0.2) is 0 Å². The van der Waals surface area contributed by atoms with Gasteiger partial charge in [0, 0.05) is 15.5 Å². The largest absolute Gasteiger partial charge is 0.497 e. The molecule has 0 fully saturated rings. The van der Waals surface area contributed by atoms with Gasteiger partial charge in [-0.3, -0.25) is 0 Å². The number of benzene rings is 1. The molecule has 0 aliphatic heterocycles. The minimum Gasteiger partial charge on any atom is -0.497 e. The molecular weight excluding hydrogens is 200 g/mol. The first-order valence-electron chi connectivity index (χ1n) is 4.01. The molecule has 0 saturated carbocycles. The number of methoxy groups -OCH3 is 1. The van der Waals surface area contributed by atoms with Crippen LogP contribution in [0, 0.1) is 0 Å². The predicted octanol–water partition coefficient (Wildman–Crippen LogP) is 2.61. The van der Waals surface area contributed by atoms with E-state index in [0.717, 1.165) is 10.1 Å². The molecule has 0 unspecified atom stereocenters. The Balaban J connectivity index is 2.69. The molecule has 0 saturated heterocycles. The summed E-state index contributed by atoms with van der Waals surface area (Å²) in [5.74, 6) is -0.220. The normalized spacial score (nSPS) is 10.4. The molecule has 1 N–H and O–H groups in total. The molecule has 1 heterocycles. The van der Waals surface area contributed by atoms with E-state index < -0.39 is 5.97 Å². The fraction of sp³-hybridized carbons (Fsp3) is 0.100. The van der Waals surface area contributed by atoms with Crippen molar-refractivity contribution in [2.75, 3.05) is 7.11 Å². The van der Waals surface area contributed by atoms with Crippen LogP contribution in [0.2, 0.25) is 0 Å². The number of rotatable bonds is 2. The standard InChI is InChI=1S/C10H8O3S/c1-13-6-2-3-9-7(4-6)8(5-14-9)10(11)12/h2-5H,1H3,(H,11,12). The van der Waals surface area contributed by atoms with Crippen LogP contribution in [0.3, 0.4) is 0 Å². The number of thiophene rings is 1. The number of carboxylic acid groups (broad SMARTS) is 1. The topological polar surface area (TPSA) is 46.5 Å². The number of carbonyl (C=O) groups is 1. The van der Waals surface area contributed by atoms with Crippen molar-refractivity contribution in [2.24, 2.45) is 0 Å². The Labute approximate surface area is 84.6 Å². The lowest BCUT2D eigenvalue weighted by molar-refractivity contribution is 0.0699. The number of hydrogen-bond donors (Lipinski definition) is 1. The number of aromatic carboxylic acids is 1. The molecule has 2 rings (SSSR count). The summed E-state index contributed by atoms with van der Waals surface area (Å²) in [6.07, 6.45) is 0. The summed E-state index contributed by atoms with van der Waals surface area (Å²) in [6.45, 7) is 0. The Kier molecular flexibility index (Phi) is 2.13. The lowest BCUT2D eigenvalue weighted by Gasteiger charge is -1.99. The average Bonchev–Trinajstić information content (AvgIpc) is 2.59. The highest BCUT2D eigenvalue weighted by atomic mass is 32.1. The summed E-state index contributed by atoms with van der Waals surface area (Å²) in [4.78, 5) is 10.8. The van der Waals surface area contributed by atoms with Crippen molar-refractivity contribution in [3.05, 3.63) is 29.1 Å². The Bertz CT molecular complexity index is 487. The van der Waals surface area contributed by atoms with E-state index in [-0.39, 0.29) is 0 Å². The van der Waals surface area contributed by atoms with E-state index in [1.165, 1.54) is 11.3 Å². The Morgan fingerprint density at radius 2 is 2.29 bits per heavy atom. The van der Waals surface area contributed by atoms with Gasteiger partial charge in [0.05, 0.1) is 12.7 Å². The molecule has 2 aromatic rings. The van der Waals surface area contributed by atoms with Gasteiger partial charge in [-0.15, -0.1) is 11.3 Å². The zero-order chi connectivity index (χ0) is 10.1. The van der Waals surface area contributed by atoms with Gasteiger partial charge in [-0.25, -0.2) is 4.79 Å². The maximum atomic E-state index is 10.8. The predicted molar refractivity (Wildman–Crippen MR) is 55.3 cm³/mol. The van der Waals surface area contributed by atoms with Gasteiger partial charge in [0.1, 0.15) is 5.75 Å². The van der Waals surface area contributed by atoms with E-state index >= 15 is 0 Å². The fourth-order valence-corrected chi connectivity index (χ4v) is 2.22. The first kappa shape index (κ1) is 9.02. The molecule has 3 nitrogen and oxygen atoms in total. The van der Waals surface area contributed by atoms with Crippen molar-refractivity contribution in [3.63, 3.8) is 0 Å². The monoisotopic (exact) mass is 208 g/mol. The molecule has 1 aromatic carbocycles. The van der Waals surface area contributed by atoms with E-state index in [0.29, 0.717) is 11.3 Å². The molecule has 0 atom stereocenters. The highest BCUT2D eigenvalue weighted by Gasteiger charge is 2.10. The van der Waals surface area contributed by atoms with Crippen molar-refractivity contribution < 1.29 is 14.6 Å². The summed E-state index contributed by atoms with van der Waals surface area (Å²) in [5, 5.41) is 11.3. The van der Waals surface area contributed by atoms with Crippen LogP contribution in [0.1, 0.15) is 10.4 Å². The molecular formula is C10H8O3S. The number of fused-ring (bicyclic) bond motifs is 1. The van der Waals surface area contributed by atoms with Crippen LogP contribution in [-0.2, 0) is 0 Å². The van der Waals surface area contributed by atoms with Crippen LogP contribution in [0.4, 0.5) is 0 Å². The minimum absolute atomic E-state index is 0.337. The van der Waals surface area contributed by atoms with E-state index in [2.05, 4.69) is 0 Å². The lowest BCUT2D eigenvalue weighted by Crippen LogP contribution is -1.93. The number of ether oxygens (including phenoxy) is 1. The first-order chi connectivity index (χ1) is 6.72. The smallest absolute Gasteiger partial charge is 0.337 e. The van der Waals surface area contributed by atoms with Crippen molar-refractivity contribution in [3.8, 4) is 5.75 Å². The molecule has 0 aliphatic rings. The van der Waals surface area contributed by atoms with Gasteiger partial charge >= 0.3 is 5.97 Å². The molecule has 14 heavy (non-hydrogen) atoms.